The summed E-state index contributed by atoms with van der Waals surface area (Å²) in [5, 5.41) is 3.00. The monoisotopic (exact) mass is 341 g/mol. The highest BCUT2D eigenvalue weighted by atomic mass is 16.5. The van der Waals surface area contributed by atoms with Crippen molar-refractivity contribution in [2.45, 2.75) is 39.2 Å². The summed E-state index contributed by atoms with van der Waals surface area (Å²) in [7, 11) is 1.63. The molecule has 1 atom stereocenters. The van der Waals surface area contributed by atoms with E-state index in [9.17, 15) is 9.59 Å². The summed E-state index contributed by atoms with van der Waals surface area (Å²) in [5.41, 5.74) is 2.53. The van der Waals surface area contributed by atoms with Crippen LogP contribution < -0.4 is 15.6 Å². The standard InChI is InChI=1S/C19H23N3O3/c1-12-21-17-10-6-14(5-9-16(17)19(24)22-12)18(23)20-11-13-3-7-15(25-2)8-4-13/h3-4,7-8,14H,5-6,9-11H2,1-2H3,(H,20,23)(H,21,22,24). The Morgan fingerprint density at radius 1 is 1.28 bits per heavy atom. The SMILES string of the molecule is COc1ccc(CNC(=O)C2CCc3nc(C)[nH]c(=O)c3CC2)cc1. The molecule has 0 spiro atoms. The molecule has 1 aromatic heterocycles. The van der Waals surface area contributed by atoms with E-state index < -0.39 is 0 Å². The fourth-order valence-corrected chi connectivity index (χ4v) is 3.25. The van der Waals surface area contributed by atoms with Crippen molar-refractivity contribution in [3.63, 3.8) is 0 Å². The maximum Gasteiger partial charge on any atom is 0.254 e. The predicted octanol–water partition coefficient (Wildman–Crippen LogP) is 1.90. The summed E-state index contributed by atoms with van der Waals surface area (Å²) in [4.78, 5) is 31.8. The van der Waals surface area contributed by atoms with Crippen molar-refractivity contribution in [2.24, 2.45) is 5.92 Å². The van der Waals surface area contributed by atoms with Gasteiger partial charge in [0.2, 0.25) is 5.91 Å². The fraction of sp³-hybridized carbons (Fsp3) is 0.421. The van der Waals surface area contributed by atoms with E-state index in [0.717, 1.165) is 29.0 Å². The van der Waals surface area contributed by atoms with Gasteiger partial charge in [-0.05, 0) is 50.3 Å². The van der Waals surface area contributed by atoms with E-state index >= 15 is 0 Å². The Morgan fingerprint density at radius 2 is 2.00 bits per heavy atom. The van der Waals surface area contributed by atoms with Crippen molar-refractivity contribution in [2.75, 3.05) is 7.11 Å². The fourth-order valence-electron chi connectivity index (χ4n) is 3.25. The van der Waals surface area contributed by atoms with Crippen molar-refractivity contribution in [3.8, 4) is 5.75 Å². The number of rotatable bonds is 4. The van der Waals surface area contributed by atoms with E-state index in [-0.39, 0.29) is 17.4 Å². The zero-order chi connectivity index (χ0) is 17.8. The molecular formula is C19H23N3O3. The van der Waals surface area contributed by atoms with Gasteiger partial charge in [-0.25, -0.2) is 4.98 Å². The van der Waals surface area contributed by atoms with Gasteiger partial charge in [0.1, 0.15) is 11.6 Å². The minimum Gasteiger partial charge on any atom is -0.497 e. The van der Waals surface area contributed by atoms with Gasteiger partial charge in [-0.1, -0.05) is 12.1 Å². The lowest BCUT2D eigenvalue weighted by molar-refractivity contribution is -0.125. The number of ether oxygens (including phenoxy) is 1. The van der Waals surface area contributed by atoms with E-state index in [0.29, 0.717) is 31.6 Å². The number of aromatic amines is 1. The predicted molar refractivity (Wildman–Crippen MR) is 94.6 cm³/mol. The lowest BCUT2D eigenvalue weighted by Gasteiger charge is -2.14. The average molecular weight is 341 g/mol. The highest BCUT2D eigenvalue weighted by Crippen LogP contribution is 2.22. The molecule has 2 N–H and O–H groups in total. The van der Waals surface area contributed by atoms with Gasteiger partial charge in [-0.15, -0.1) is 0 Å². The number of benzene rings is 1. The Labute approximate surface area is 146 Å². The summed E-state index contributed by atoms with van der Waals surface area (Å²) in [5.74, 6) is 1.37. The maximum absolute atomic E-state index is 12.5. The molecule has 3 rings (SSSR count). The molecule has 1 aromatic carbocycles. The van der Waals surface area contributed by atoms with Crippen LogP contribution in [0.3, 0.4) is 0 Å². The largest absolute Gasteiger partial charge is 0.497 e. The first kappa shape index (κ1) is 17.2. The number of aromatic nitrogens is 2. The third-order valence-corrected chi connectivity index (χ3v) is 4.69. The zero-order valence-corrected chi connectivity index (χ0v) is 14.6. The van der Waals surface area contributed by atoms with Crippen molar-refractivity contribution in [3.05, 3.63) is 57.3 Å². The Kier molecular flexibility index (Phi) is 5.16. The van der Waals surface area contributed by atoms with E-state index in [1.807, 2.05) is 24.3 Å². The molecule has 0 fully saturated rings. The number of nitrogens with one attached hydrogen (secondary N) is 2. The number of hydrogen-bond acceptors (Lipinski definition) is 4. The zero-order valence-electron chi connectivity index (χ0n) is 14.6. The molecule has 6 nitrogen and oxygen atoms in total. The van der Waals surface area contributed by atoms with E-state index in [1.165, 1.54) is 0 Å². The Hall–Kier alpha value is -2.63. The van der Waals surface area contributed by atoms with Crippen LogP contribution in [0, 0.1) is 12.8 Å². The van der Waals surface area contributed by atoms with E-state index in [1.54, 1.807) is 14.0 Å². The molecule has 132 valence electrons. The van der Waals surface area contributed by atoms with Gasteiger partial charge in [0.05, 0.1) is 12.8 Å². The lowest BCUT2D eigenvalue weighted by atomic mass is 9.98. The van der Waals surface area contributed by atoms with Crippen LogP contribution in [-0.2, 0) is 24.2 Å². The number of hydrogen-bond donors (Lipinski definition) is 2. The van der Waals surface area contributed by atoms with Crippen LogP contribution in [0.2, 0.25) is 0 Å². The second kappa shape index (κ2) is 7.51. The van der Waals surface area contributed by atoms with Gasteiger partial charge < -0.3 is 15.0 Å². The van der Waals surface area contributed by atoms with E-state index in [4.69, 9.17) is 4.74 Å². The van der Waals surface area contributed by atoms with Crippen LogP contribution in [0.4, 0.5) is 0 Å². The highest BCUT2D eigenvalue weighted by Gasteiger charge is 2.24. The van der Waals surface area contributed by atoms with Crippen molar-refractivity contribution < 1.29 is 9.53 Å². The molecular weight excluding hydrogens is 318 g/mol. The van der Waals surface area contributed by atoms with Crippen LogP contribution in [0.25, 0.3) is 0 Å². The number of methoxy groups -OCH3 is 1. The Bertz CT molecular complexity index is 812. The van der Waals surface area contributed by atoms with Crippen LogP contribution in [0.5, 0.6) is 5.75 Å². The normalized spacial score (nSPS) is 16.6. The number of amides is 1. The molecule has 0 saturated carbocycles. The first-order chi connectivity index (χ1) is 12.1. The molecule has 0 saturated heterocycles. The smallest absolute Gasteiger partial charge is 0.254 e. The van der Waals surface area contributed by atoms with Crippen molar-refractivity contribution in [1.82, 2.24) is 15.3 Å². The van der Waals surface area contributed by atoms with Crippen LogP contribution in [0.15, 0.2) is 29.1 Å². The number of H-pyrrole nitrogens is 1. The second-order valence-corrected chi connectivity index (χ2v) is 6.42. The maximum atomic E-state index is 12.5. The molecule has 0 aliphatic heterocycles. The van der Waals surface area contributed by atoms with Crippen LogP contribution in [-0.4, -0.2) is 23.0 Å². The van der Waals surface area contributed by atoms with E-state index in [2.05, 4.69) is 15.3 Å². The van der Waals surface area contributed by atoms with Gasteiger partial charge in [0.25, 0.3) is 5.56 Å². The molecule has 2 aromatic rings. The minimum atomic E-state index is -0.0906. The van der Waals surface area contributed by atoms with Gasteiger partial charge in [-0.3, -0.25) is 9.59 Å². The molecule has 1 amide bonds. The van der Waals surface area contributed by atoms with Crippen LogP contribution >= 0.6 is 0 Å². The van der Waals surface area contributed by atoms with Gasteiger partial charge in [0.15, 0.2) is 0 Å². The first-order valence-corrected chi connectivity index (χ1v) is 8.56. The summed E-state index contributed by atoms with van der Waals surface area (Å²) >= 11 is 0. The summed E-state index contributed by atoms with van der Waals surface area (Å²) in [6.07, 6.45) is 2.66. The third-order valence-electron chi connectivity index (χ3n) is 4.69. The third kappa shape index (κ3) is 4.07. The average Bonchev–Trinajstić information content (AvgIpc) is 2.83. The number of fused-ring (bicyclic) bond motifs is 1. The lowest BCUT2D eigenvalue weighted by Crippen LogP contribution is -2.30. The summed E-state index contributed by atoms with van der Waals surface area (Å²) < 4.78 is 5.13. The van der Waals surface area contributed by atoms with Gasteiger partial charge in [0, 0.05) is 18.0 Å². The molecule has 1 heterocycles. The summed E-state index contributed by atoms with van der Waals surface area (Å²) in [6.45, 7) is 2.27. The number of aryl methyl sites for hydroxylation is 2. The molecule has 0 bridgehead atoms. The Balaban J connectivity index is 1.60. The van der Waals surface area contributed by atoms with Crippen LogP contribution in [0.1, 0.15) is 35.5 Å². The van der Waals surface area contributed by atoms with Gasteiger partial charge >= 0.3 is 0 Å². The van der Waals surface area contributed by atoms with Crippen molar-refractivity contribution in [1.29, 1.82) is 0 Å². The summed E-state index contributed by atoms with van der Waals surface area (Å²) in [6, 6.07) is 7.64. The quantitative estimate of drug-likeness (QED) is 0.832. The first-order valence-electron chi connectivity index (χ1n) is 8.56. The molecule has 6 heteroatoms. The minimum absolute atomic E-state index is 0.0387. The molecule has 1 aliphatic carbocycles. The number of carbonyl (C=O) groups excluding carboxylic acids is 1. The molecule has 25 heavy (non-hydrogen) atoms. The molecule has 1 unspecified atom stereocenters. The Morgan fingerprint density at radius 3 is 2.72 bits per heavy atom. The number of nitrogens with zero attached hydrogens (tertiary/aromatic N) is 1. The topological polar surface area (TPSA) is 84.1 Å². The highest BCUT2D eigenvalue weighted by molar-refractivity contribution is 5.78. The van der Waals surface area contributed by atoms with Crippen molar-refractivity contribution >= 4 is 5.91 Å². The van der Waals surface area contributed by atoms with Gasteiger partial charge in [-0.2, -0.15) is 0 Å². The number of carbonyl (C=O) groups is 1. The second-order valence-electron chi connectivity index (χ2n) is 6.42. The molecule has 1 aliphatic rings. The molecule has 0 radical (unpaired) electrons.